The van der Waals surface area contributed by atoms with Crippen LogP contribution in [0.4, 0.5) is 39.8 Å². The van der Waals surface area contributed by atoms with Crippen LogP contribution < -0.4 is 10.1 Å². The van der Waals surface area contributed by atoms with Crippen molar-refractivity contribution in [3.05, 3.63) is 113 Å². The van der Waals surface area contributed by atoms with Crippen molar-refractivity contribution >= 4 is 73.8 Å². The molecule has 0 bridgehead atoms. The van der Waals surface area contributed by atoms with Crippen LogP contribution in [-0.4, -0.2) is 74.6 Å². The SMILES string of the molecule is COc1cc(N=Nc2cc(C(=O)O)c(O)c(S(=O)(=O)O)c2)c(C)cc1N=C(O)c1cccc(N=C(O)Nc2ccc(N=Nc3ccc(O)c(C(=O)O)c3)cc2)c1. The fraction of sp³-hybridized carbons (Fsp3) is 0.0556. The Morgan fingerprint density at radius 2 is 1.32 bits per heavy atom. The Labute approximate surface area is 316 Å². The number of aryl methyl sites for hydroxylation is 1. The molecule has 19 nitrogen and oxygen atoms in total. The standard InChI is InChI=1S/C36H29N7O12S/c1-18-12-28(30(55-2)17-27(18)43-42-24-15-26(35(49)50)32(45)31(16-24)56(52,53)54)39-33(46)19-4-3-5-22(13-19)38-36(51)37-20-6-8-21(9-7-20)40-41-23-10-11-29(44)25(14-23)34(47)48/h3-17,44-45H,1-2H3,(H,39,46)(H,47,48)(H,49,50)(H2,37,38,51)(H,52,53,54). The van der Waals surface area contributed by atoms with Crippen LogP contribution in [0.3, 0.4) is 0 Å². The van der Waals surface area contributed by atoms with Gasteiger partial charge in [-0.3, -0.25) is 4.55 Å². The summed E-state index contributed by atoms with van der Waals surface area (Å²) in [5, 5.41) is 78.2. The number of carbonyl (C=O) groups is 2. The molecule has 5 aromatic rings. The lowest BCUT2D eigenvalue weighted by Crippen LogP contribution is -2.10. The molecule has 5 rings (SSSR count). The topological polar surface area (TPSA) is 305 Å². The zero-order valence-corrected chi connectivity index (χ0v) is 29.7. The first-order chi connectivity index (χ1) is 26.5. The monoisotopic (exact) mass is 783 g/mol. The first-order valence-corrected chi connectivity index (χ1v) is 17.2. The van der Waals surface area contributed by atoms with Crippen molar-refractivity contribution in [1.82, 2.24) is 0 Å². The van der Waals surface area contributed by atoms with Gasteiger partial charge in [-0.1, -0.05) is 6.07 Å². The van der Waals surface area contributed by atoms with Crippen molar-refractivity contribution in [2.45, 2.75) is 11.8 Å². The molecule has 0 radical (unpaired) electrons. The third-order valence-electron chi connectivity index (χ3n) is 7.52. The predicted molar refractivity (Wildman–Crippen MR) is 201 cm³/mol. The van der Waals surface area contributed by atoms with Gasteiger partial charge in [0.1, 0.15) is 33.2 Å². The summed E-state index contributed by atoms with van der Waals surface area (Å²) in [4.78, 5) is 30.0. The normalized spacial score (nSPS) is 12.3. The minimum Gasteiger partial charge on any atom is -0.507 e. The molecule has 286 valence electrons. The van der Waals surface area contributed by atoms with Gasteiger partial charge in [-0.2, -0.15) is 33.9 Å². The van der Waals surface area contributed by atoms with E-state index in [9.17, 15) is 48.1 Å². The number of aliphatic imine (C=N–C) groups is 2. The predicted octanol–water partition coefficient (Wildman–Crippen LogP) is 8.18. The van der Waals surface area contributed by atoms with Crippen LogP contribution in [0.2, 0.25) is 0 Å². The lowest BCUT2D eigenvalue weighted by atomic mass is 10.1. The number of nitrogens with one attached hydrogen (secondary N) is 1. The highest BCUT2D eigenvalue weighted by Gasteiger charge is 2.23. The number of aliphatic hydroxyl groups is 2. The summed E-state index contributed by atoms with van der Waals surface area (Å²) >= 11 is 0. The van der Waals surface area contributed by atoms with E-state index >= 15 is 0 Å². The number of hydrogen-bond acceptors (Lipinski definition) is 13. The van der Waals surface area contributed by atoms with Gasteiger partial charge in [-0.25, -0.2) is 14.6 Å². The van der Waals surface area contributed by atoms with Crippen LogP contribution >= 0.6 is 0 Å². The quantitative estimate of drug-likeness (QED) is 0.0256. The van der Waals surface area contributed by atoms with Crippen LogP contribution in [0.5, 0.6) is 17.2 Å². The number of rotatable bonds is 12. The molecule has 0 aliphatic rings. The number of ether oxygens (including phenoxy) is 1. The molecule has 0 heterocycles. The summed E-state index contributed by atoms with van der Waals surface area (Å²) in [5.41, 5.74) is 0.871. The number of carboxylic acid groups (broad SMARTS) is 2. The minimum absolute atomic E-state index is 0.128. The van der Waals surface area contributed by atoms with E-state index in [1.165, 1.54) is 43.5 Å². The van der Waals surface area contributed by atoms with E-state index in [0.29, 0.717) is 16.9 Å². The molecule has 0 fully saturated rings. The van der Waals surface area contributed by atoms with Crippen molar-refractivity contribution < 1.29 is 57.9 Å². The number of aromatic carboxylic acids is 2. The van der Waals surface area contributed by atoms with Gasteiger partial charge in [0.15, 0.2) is 5.75 Å². The summed E-state index contributed by atoms with van der Waals surface area (Å²) < 4.78 is 38.2. The summed E-state index contributed by atoms with van der Waals surface area (Å²) in [7, 11) is -3.68. The number of methoxy groups -OCH3 is 1. The largest absolute Gasteiger partial charge is 0.507 e. The number of phenols is 2. The minimum atomic E-state index is -5.01. The smallest absolute Gasteiger partial charge is 0.339 e. The molecule has 0 aliphatic carbocycles. The molecule has 0 amide bonds. The van der Waals surface area contributed by atoms with E-state index in [0.717, 1.165) is 12.1 Å². The first kappa shape index (κ1) is 39.5. The van der Waals surface area contributed by atoms with Gasteiger partial charge in [0, 0.05) is 17.3 Å². The highest BCUT2D eigenvalue weighted by Crippen LogP contribution is 2.37. The fourth-order valence-electron chi connectivity index (χ4n) is 4.80. The number of amidine groups is 1. The Bertz CT molecular complexity index is 2590. The van der Waals surface area contributed by atoms with Crippen LogP contribution in [-0.2, 0) is 10.1 Å². The maximum atomic E-state index is 11.7. The second-order valence-corrected chi connectivity index (χ2v) is 12.8. The van der Waals surface area contributed by atoms with Crippen LogP contribution in [0.15, 0.2) is 126 Å². The molecule has 8 N–H and O–H groups in total. The molecule has 56 heavy (non-hydrogen) atoms. The molecule has 0 aromatic heterocycles. The number of aromatic hydroxyl groups is 2. The molecular weight excluding hydrogens is 754 g/mol. The summed E-state index contributed by atoms with van der Waals surface area (Å²) in [6, 6.07) is 20.2. The Hall–Kier alpha value is -7.71. The molecular formula is C36H29N7O12S. The average molecular weight is 784 g/mol. The van der Waals surface area contributed by atoms with E-state index in [4.69, 9.17) is 9.84 Å². The van der Waals surface area contributed by atoms with Gasteiger partial charge in [0.25, 0.3) is 16.1 Å². The van der Waals surface area contributed by atoms with Crippen LogP contribution in [0.1, 0.15) is 31.8 Å². The maximum absolute atomic E-state index is 11.7. The zero-order chi connectivity index (χ0) is 40.7. The average Bonchev–Trinajstić information content (AvgIpc) is 3.14. The van der Waals surface area contributed by atoms with Crippen LogP contribution in [0.25, 0.3) is 0 Å². The van der Waals surface area contributed by atoms with Gasteiger partial charge in [0.2, 0.25) is 5.90 Å². The molecule has 0 saturated heterocycles. The Kier molecular flexibility index (Phi) is 11.7. The van der Waals surface area contributed by atoms with Crippen LogP contribution in [0, 0.1) is 6.92 Å². The maximum Gasteiger partial charge on any atom is 0.339 e. The number of benzene rings is 5. The van der Waals surface area contributed by atoms with E-state index in [-0.39, 0.29) is 45.3 Å². The number of carboxylic acids is 2. The number of hydrogen-bond donors (Lipinski definition) is 8. The molecule has 0 saturated carbocycles. The molecule has 0 unspecified atom stereocenters. The first-order valence-electron chi connectivity index (χ1n) is 15.7. The Balaban J connectivity index is 1.30. The Morgan fingerprint density at radius 3 is 1.98 bits per heavy atom. The van der Waals surface area contributed by atoms with Gasteiger partial charge in [-0.15, -0.1) is 0 Å². The second-order valence-electron chi connectivity index (χ2n) is 11.4. The van der Waals surface area contributed by atoms with E-state index in [1.54, 1.807) is 49.4 Å². The van der Waals surface area contributed by atoms with E-state index in [1.807, 2.05) is 0 Å². The van der Waals surface area contributed by atoms with Crippen molar-refractivity contribution in [1.29, 1.82) is 0 Å². The zero-order valence-electron chi connectivity index (χ0n) is 28.9. The molecule has 20 heteroatoms. The molecule has 5 aromatic carbocycles. The van der Waals surface area contributed by atoms with Gasteiger partial charge in [0.05, 0.1) is 35.5 Å². The molecule has 0 spiro atoms. The third-order valence-corrected chi connectivity index (χ3v) is 8.39. The summed E-state index contributed by atoms with van der Waals surface area (Å²) in [5.74, 6) is -4.86. The fourth-order valence-corrected chi connectivity index (χ4v) is 5.42. The van der Waals surface area contributed by atoms with Crippen molar-refractivity contribution in [3.63, 3.8) is 0 Å². The summed E-state index contributed by atoms with van der Waals surface area (Å²) in [6.45, 7) is 1.62. The number of anilines is 1. The van der Waals surface area contributed by atoms with Gasteiger partial charge >= 0.3 is 11.9 Å². The number of aliphatic hydroxyl groups excluding tert-OH is 2. The third kappa shape index (κ3) is 9.63. The molecule has 0 atom stereocenters. The van der Waals surface area contributed by atoms with Gasteiger partial charge < -0.3 is 40.7 Å². The molecule has 0 aliphatic heterocycles. The van der Waals surface area contributed by atoms with E-state index in [2.05, 4.69) is 35.8 Å². The van der Waals surface area contributed by atoms with Crippen molar-refractivity contribution in [3.8, 4) is 17.2 Å². The van der Waals surface area contributed by atoms with Gasteiger partial charge in [-0.05, 0) is 91.3 Å². The van der Waals surface area contributed by atoms with Crippen molar-refractivity contribution in [2.75, 3.05) is 12.4 Å². The second kappa shape index (κ2) is 16.5. The number of azo groups is 2. The highest BCUT2D eigenvalue weighted by molar-refractivity contribution is 7.86. The van der Waals surface area contributed by atoms with Crippen molar-refractivity contribution in [2.24, 2.45) is 30.4 Å². The summed E-state index contributed by atoms with van der Waals surface area (Å²) in [6.07, 6.45) is 0. The number of nitrogens with zero attached hydrogens (tertiary/aromatic N) is 6. The van der Waals surface area contributed by atoms with E-state index < -0.39 is 55.9 Å². The highest BCUT2D eigenvalue weighted by atomic mass is 32.2. The Morgan fingerprint density at radius 1 is 0.679 bits per heavy atom. The lowest BCUT2D eigenvalue weighted by Gasteiger charge is -2.09. The lowest BCUT2D eigenvalue weighted by molar-refractivity contribution is 0.0682.